The summed E-state index contributed by atoms with van der Waals surface area (Å²) in [5.41, 5.74) is 0. The number of hydrogen-bond donors (Lipinski definition) is 3. The Morgan fingerprint density at radius 2 is 0.980 bits per heavy atom. The van der Waals surface area contributed by atoms with E-state index in [1.165, 1.54) is 89.9 Å². The average molecular weight is 705 g/mol. The second-order valence-corrected chi connectivity index (χ2v) is 13.6. The fourth-order valence-corrected chi connectivity index (χ4v) is 5.64. The fourth-order valence-electron chi connectivity index (χ4n) is 5.64. The van der Waals surface area contributed by atoms with E-state index in [1.54, 1.807) is 0 Å². The zero-order valence-corrected chi connectivity index (χ0v) is 32.1. The minimum atomic E-state index is -0.935. The molecule has 7 nitrogen and oxygen atoms in total. The highest BCUT2D eigenvalue weighted by atomic mass is 16.6. The van der Waals surface area contributed by atoms with Gasteiger partial charge in [-0.05, 0) is 51.4 Å². The third kappa shape index (κ3) is 34.2. The van der Waals surface area contributed by atoms with Crippen LogP contribution < -0.4 is 0 Å². The molecule has 0 aromatic rings. The zero-order chi connectivity index (χ0) is 36.8. The number of rotatable bonds is 36. The van der Waals surface area contributed by atoms with Crippen molar-refractivity contribution in [3.05, 3.63) is 48.6 Å². The molecule has 0 spiro atoms. The molecule has 0 fully saturated rings. The van der Waals surface area contributed by atoms with Crippen LogP contribution in [0.2, 0.25) is 0 Å². The van der Waals surface area contributed by atoms with Crippen molar-refractivity contribution in [2.75, 3.05) is 13.2 Å². The standard InChI is InChI=1S/C43H76O7/c1-3-5-7-9-11-13-15-17-18-19-20-21-23-25-27-29-31-35-43(48)50-39(37-44)38-49-42(47)36-32-34-41(46)40(45)33-30-28-26-24-22-16-14-12-10-8-6-4-2/h6,8,12,14,22,24,28,30,39-41,44-46H,3-5,7,9-11,13,15-21,23,25-27,29,31-38H2,1-2H3/b8-6-,14-12-,24-22-,30-28-/t39-,40-,41-/m0/s1. The van der Waals surface area contributed by atoms with Crippen LogP contribution in [0.1, 0.15) is 181 Å². The summed E-state index contributed by atoms with van der Waals surface area (Å²) >= 11 is 0. The van der Waals surface area contributed by atoms with Gasteiger partial charge in [0.2, 0.25) is 0 Å². The van der Waals surface area contributed by atoms with Gasteiger partial charge in [0.05, 0.1) is 18.8 Å². The van der Waals surface area contributed by atoms with Crippen molar-refractivity contribution >= 4 is 11.9 Å². The van der Waals surface area contributed by atoms with Gasteiger partial charge in [-0.1, -0.05) is 165 Å². The highest BCUT2D eigenvalue weighted by molar-refractivity contribution is 5.70. The molecule has 0 amide bonds. The van der Waals surface area contributed by atoms with Gasteiger partial charge in [0, 0.05) is 12.8 Å². The fraction of sp³-hybridized carbons (Fsp3) is 0.767. The summed E-state index contributed by atoms with van der Waals surface area (Å²) in [6.07, 6.45) is 40.6. The van der Waals surface area contributed by atoms with Crippen LogP contribution in [0.4, 0.5) is 0 Å². The number of hydrogen-bond acceptors (Lipinski definition) is 7. The number of ether oxygens (including phenoxy) is 2. The van der Waals surface area contributed by atoms with Gasteiger partial charge in [-0.3, -0.25) is 9.59 Å². The molecular weight excluding hydrogens is 628 g/mol. The molecule has 0 bridgehead atoms. The summed E-state index contributed by atoms with van der Waals surface area (Å²) in [6.45, 7) is 3.77. The van der Waals surface area contributed by atoms with Crippen molar-refractivity contribution in [3.63, 3.8) is 0 Å². The Bertz CT molecular complexity index is 878. The van der Waals surface area contributed by atoms with Crippen LogP contribution in [0.25, 0.3) is 0 Å². The summed E-state index contributed by atoms with van der Waals surface area (Å²) < 4.78 is 10.5. The van der Waals surface area contributed by atoms with Crippen LogP contribution in [0.3, 0.4) is 0 Å². The van der Waals surface area contributed by atoms with Crippen LogP contribution in [0.15, 0.2) is 48.6 Å². The Labute approximate surface area is 306 Å². The highest BCUT2D eigenvalue weighted by Gasteiger charge is 2.18. The summed E-state index contributed by atoms with van der Waals surface area (Å²) in [5, 5.41) is 30.0. The Morgan fingerprint density at radius 1 is 0.540 bits per heavy atom. The smallest absolute Gasteiger partial charge is 0.306 e. The second kappa shape index (κ2) is 38.0. The summed E-state index contributed by atoms with van der Waals surface area (Å²) in [4.78, 5) is 24.3. The first-order chi connectivity index (χ1) is 24.4. The lowest BCUT2D eigenvalue weighted by Crippen LogP contribution is -2.28. The molecule has 0 aliphatic carbocycles. The van der Waals surface area contributed by atoms with Gasteiger partial charge in [0.25, 0.3) is 0 Å². The third-order valence-electron chi connectivity index (χ3n) is 8.84. The van der Waals surface area contributed by atoms with E-state index < -0.39 is 30.9 Å². The maximum atomic E-state index is 12.2. The van der Waals surface area contributed by atoms with Crippen LogP contribution in [0.5, 0.6) is 0 Å². The monoisotopic (exact) mass is 705 g/mol. The van der Waals surface area contributed by atoms with Crippen molar-refractivity contribution in [2.45, 2.75) is 199 Å². The molecule has 7 heteroatoms. The molecule has 0 aromatic heterocycles. The topological polar surface area (TPSA) is 113 Å². The quantitative estimate of drug-likeness (QED) is 0.0338. The van der Waals surface area contributed by atoms with E-state index in [4.69, 9.17) is 9.47 Å². The molecule has 0 rings (SSSR count). The lowest BCUT2D eigenvalue weighted by molar-refractivity contribution is -0.161. The van der Waals surface area contributed by atoms with Gasteiger partial charge in [-0.25, -0.2) is 0 Å². The highest BCUT2D eigenvalue weighted by Crippen LogP contribution is 2.15. The molecule has 0 aliphatic heterocycles. The SMILES string of the molecule is CC/C=C\C/C=C\C/C=C\C/C=C\C[C@H](O)[C@@H](O)CCCC(=O)OC[C@H](CO)OC(=O)CCCCCCCCCCCCCCCCCCC. The van der Waals surface area contributed by atoms with Gasteiger partial charge < -0.3 is 24.8 Å². The number of carbonyl (C=O) groups is 2. The Hall–Kier alpha value is -2.22. The minimum Gasteiger partial charge on any atom is -0.462 e. The van der Waals surface area contributed by atoms with E-state index in [1.807, 2.05) is 12.2 Å². The molecule has 290 valence electrons. The Balaban J connectivity index is 3.78. The van der Waals surface area contributed by atoms with Gasteiger partial charge in [0.15, 0.2) is 6.10 Å². The second-order valence-electron chi connectivity index (χ2n) is 13.6. The molecule has 50 heavy (non-hydrogen) atoms. The van der Waals surface area contributed by atoms with E-state index in [2.05, 4.69) is 50.3 Å². The van der Waals surface area contributed by atoms with Crippen molar-refractivity contribution in [1.29, 1.82) is 0 Å². The van der Waals surface area contributed by atoms with Crippen molar-refractivity contribution in [2.24, 2.45) is 0 Å². The van der Waals surface area contributed by atoms with Gasteiger partial charge in [0.1, 0.15) is 6.61 Å². The molecule has 0 aliphatic rings. The van der Waals surface area contributed by atoms with Crippen LogP contribution in [0, 0.1) is 0 Å². The number of aliphatic hydroxyl groups excluding tert-OH is 3. The number of aliphatic hydroxyl groups is 3. The Morgan fingerprint density at radius 3 is 1.46 bits per heavy atom. The molecule has 0 saturated carbocycles. The maximum Gasteiger partial charge on any atom is 0.306 e. The number of unbranched alkanes of at least 4 members (excludes halogenated alkanes) is 16. The number of allylic oxidation sites excluding steroid dienone is 7. The minimum absolute atomic E-state index is 0.0686. The first-order valence-corrected chi connectivity index (χ1v) is 20.4. The Kier molecular flexibility index (Phi) is 36.3. The molecule has 0 heterocycles. The average Bonchev–Trinajstić information content (AvgIpc) is 3.11. The van der Waals surface area contributed by atoms with E-state index in [9.17, 15) is 24.9 Å². The van der Waals surface area contributed by atoms with Gasteiger partial charge in [-0.2, -0.15) is 0 Å². The van der Waals surface area contributed by atoms with Crippen LogP contribution in [-0.2, 0) is 19.1 Å². The predicted molar refractivity (Wildman–Crippen MR) is 208 cm³/mol. The third-order valence-corrected chi connectivity index (χ3v) is 8.84. The number of carbonyl (C=O) groups excluding carboxylic acids is 2. The summed E-state index contributed by atoms with van der Waals surface area (Å²) in [6, 6.07) is 0. The van der Waals surface area contributed by atoms with Crippen LogP contribution in [-0.4, -0.2) is 58.8 Å². The molecule has 0 unspecified atom stereocenters. The van der Waals surface area contributed by atoms with E-state index in [0.717, 1.165) is 44.9 Å². The van der Waals surface area contributed by atoms with Crippen LogP contribution >= 0.6 is 0 Å². The molecule has 0 aromatic carbocycles. The summed E-state index contributed by atoms with van der Waals surface area (Å²) in [5.74, 6) is -0.875. The van der Waals surface area contributed by atoms with Crippen molar-refractivity contribution < 1.29 is 34.4 Å². The summed E-state index contributed by atoms with van der Waals surface area (Å²) in [7, 11) is 0. The van der Waals surface area contributed by atoms with Gasteiger partial charge >= 0.3 is 11.9 Å². The van der Waals surface area contributed by atoms with Crippen molar-refractivity contribution in [3.8, 4) is 0 Å². The molecule has 0 saturated heterocycles. The van der Waals surface area contributed by atoms with E-state index in [0.29, 0.717) is 19.3 Å². The normalized spacial score (nSPS) is 13.9. The lowest BCUT2D eigenvalue weighted by atomic mass is 10.0. The van der Waals surface area contributed by atoms with E-state index >= 15 is 0 Å². The van der Waals surface area contributed by atoms with E-state index in [-0.39, 0.29) is 25.4 Å². The van der Waals surface area contributed by atoms with Gasteiger partial charge in [-0.15, -0.1) is 0 Å². The maximum absolute atomic E-state index is 12.2. The first kappa shape index (κ1) is 47.8. The zero-order valence-electron chi connectivity index (χ0n) is 32.1. The largest absolute Gasteiger partial charge is 0.462 e. The number of esters is 2. The molecule has 3 atom stereocenters. The first-order valence-electron chi connectivity index (χ1n) is 20.4. The molecular formula is C43H76O7. The molecule has 3 N–H and O–H groups in total. The lowest BCUT2D eigenvalue weighted by Gasteiger charge is -2.17. The predicted octanol–water partition coefficient (Wildman–Crippen LogP) is 10.6. The molecule has 0 radical (unpaired) electrons. The van der Waals surface area contributed by atoms with Crippen molar-refractivity contribution in [1.82, 2.24) is 0 Å².